The van der Waals surface area contributed by atoms with E-state index in [1.165, 1.54) is 22.2 Å². The molecule has 2 aromatic rings. The van der Waals surface area contributed by atoms with Crippen molar-refractivity contribution < 1.29 is 9.59 Å². The van der Waals surface area contributed by atoms with Crippen LogP contribution in [-0.2, 0) is 16.0 Å². The summed E-state index contributed by atoms with van der Waals surface area (Å²) in [6, 6.07) is 15.2. The van der Waals surface area contributed by atoms with Crippen molar-refractivity contribution in [3.63, 3.8) is 0 Å². The summed E-state index contributed by atoms with van der Waals surface area (Å²) in [7, 11) is 0. The first-order valence-electron chi connectivity index (χ1n) is 10.5. The number of imide groups is 1. The topological polar surface area (TPSA) is 40.6 Å². The van der Waals surface area contributed by atoms with Gasteiger partial charge in [-0.1, -0.05) is 48.8 Å². The Kier molecular flexibility index (Phi) is 6.49. The molecular weight excluding hydrogens is 416 g/mol. The number of amides is 2. The van der Waals surface area contributed by atoms with Crippen LogP contribution in [0.15, 0.2) is 64.0 Å². The number of likely N-dealkylation sites (tertiary alicyclic amines) is 1. The lowest BCUT2D eigenvalue weighted by molar-refractivity contribution is -0.120. The van der Waals surface area contributed by atoms with E-state index in [-0.39, 0.29) is 11.8 Å². The van der Waals surface area contributed by atoms with Gasteiger partial charge in [0.1, 0.15) is 10.6 Å². The Labute approximate surface area is 186 Å². The smallest absolute Gasteiger partial charge is 0.283 e. The molecule has 156 valence electrons. The van der Waals surface area contributed by atoms with Gasteiger partial charge in [-0.25, -0.2) is 4.90 Å². The maximum atomic E-state index is 13.4. The van der Waals surface area contributed by atoms with E-state index < -0.39 is 0 Å². The average molecular weight is 441 g/mol. The third-order valence-corrected chi connectivity index (χ3v) is 6.82. The van der Waals surface area contributed by atoms with Crippen molar-refractivity contribution >= 4 is 40.9 Å². The predicted octanol–water partition coefficient (Wildman–Crippen LogP) is 5.66. The first kappa shape index (κ1) is 21.0. The van der Waals surface area contributed by atoms with Crippen molar-refractivity contribution in [1.82, 2.24) is 4.90 Å². The number of carbonyl (C=O) groups is 2. The molecule has 0 saturated carbocycles. The molecule has 2 aliphatic rings. The molecule has 2 aromatic carbocycles. The monoisotopic (exact) mass is 440 g/mol. The van der Waals surface area contributed by atoms with Crippen LogP contribution in [0.1, 0.15) is 38.2 Å². The average Bonchev–Trinajstić information content (AvgIpc) is 3.35. The molecule has 0 atom stereocenters. The third kappa shape index (κ3) is 4.28. The van der Waals surface area contributed by atoms with Gasteiger partial charge >= 0.3 is 0 Å². The summed E-state index contributed by atoms with van der Waals surface area (Å²) in [5.74, 6) is -0.470. The van der Waals surface area contributed by atoms with Gasteiger partial charge < -0.3 is 4.90 Å². The van der Waals surface area contributed by atoms with Crippen LogP contribution in [0.5, 0.6) is 0 Å². The molecule has 0 N–H and O–H groups in total. The minimum Gasteiger partial charge on any atom is -0.366 e. The van der Waals surface area contributed by atoms with Gasteiger partial charge in [0.25, 0.3) is 11.8 Å². The van der Waals surface area contributed by atoms with Gasteiger partial charge in [0.05, 0.1) is 5.69 Å². The molecule has 6 heteroatoms. The second-order valence-electron chi connectivity index (χ2n) is 7.64. The van der Waals surface area contributed by atoms with Crippen LogP contribution in [0.25, 0.3) is 0 Å². The lowest BCUT2D eigenvalue weighted by Gasteiger charge is -2.20. The van der Waals surface area contributed by atoms with Crippen molar-refractivity contribution in [2.45, 2.75) is 43.9 Å². The lowest BCUT2D eigenvalue weighted by atomic mass is 10.1. The molecule has 0 aliphatic carbocycles. The van der Waals surface area contributed by atoms with Crippen LogP contribution in [0, 0.1) is 0 Å². The fraction of sp³-hybridized carbons (Fsp3) is 0.333. The largest absolute Gasteiger partial charge is 0.366 e. The number of aryl methyl sites for hydroxylation is 1. The molecule has 2 heterocycles. The highest BCUT2D eigenvalue weighted by molar-refractivity contribution is 8.04. The molecular formula is C24H25ClN2O2S. The molecule has 0 bridgehead atoms. The van der Waals surface area contributed by atoms with Crippen LogP contribution in [0.3, 0.4) is 0 Å². The van der Waals surface area contributed by atoms with Crippen LogP contribution >= 0.6 is 23.4 Å². The molecule has 0 aromatic heterocycles. The number of hydrogen-bond acceptors (Lipinski definition) is 4. The fourth-order valence-electron chi connectivity index (χ4n) is 3.86. The van der Waals surface area contributed by atoms with E-state index in [1.807, 2.05) is 36.4 Å². The van der Waals surface area contributed by atoms with Gasteiger partial charge in [0.2, 0.25) is 0 Å². The summed E-state index contributed by atoms with van der Waals surface area (Å²) < 4.78 is 0. The zero-order valence-electron chi connectivity index (χ0n) is 17.1. The predicted molar refractivity (Wildman–Crippen MR) is 123 cm³/mol. The Bertz CT molecular complexity index is 964. The van der Waals surface area contributed by atoms with Crippen LogP contribution in [0.4, 0.5) is 5.69 Å². The van der Waals surface area contributed by atoms with Crippen LogP contribution < -0.4 is 4.90 Å². The van der Waals surface area contributed by atoms with Crippen LogP contribution in [-0.4, -0.2) is 29.8 Å². The van der Waals surface area contributed by atoms with Gasteiger partial charge in [-0.15, -0.1) is 0 Å². The molecule has 0 unspecified atom stereocenters. The summed E-state index contributed by atoms with van der Waals surface area (Å²) in [6.07, 6.45) is 5.35. The maximum Gasteiger partial charge on any atom is 0.283 e. The molecule has 2 aliphatic heterocycles. The van der Waals surface area contributed by atoms with E-state index in [1.54, 1.807) is 12.1 Å². The first-order valence-corrected chi connectivity index (χ1v) is 11.7. The van der Waals surface area contributed by atoms with Crippen LogP contribution in [0.2, 0.25) is 5.02 Å². The number of nitrogens with zero attached hydrogens (tertiary/aromatic N) is 2. The number of benzene rings is 2. The number of anilines is 1. The Morgan fingerprint density at radius 2 is 1.60 bits per heavy atom. The highest BCUT2D eigenvalue weighted by atomic mass is 35.5. The van der Waals surface area contributed by atoms with Crippen molar-refractivity contribution in [1.29, 1.82) is 0 Å². The third-order valence-electron chi connectivity index (χ3n) is 5.49. The highest BCUT2D eigenvalue weighted by Gasteiger charge is 2.42. The Hall–Kier alpha value is -2.24. The molecule has 0 radical (unpaired) electrons. The van der Waals surface area contributed by atoms with E-state index in [0.717, 1.165) is 50.1 Å². The molecule has 4 nitrogen and oxygen atoms in total. The van der Waals surface area contributed by atoms with Crippen molar-refractivity contribution in [2.75, 3.05) is 18.0 Å². The Morgan fingerprint density at radius 3 is 2.23 bits per heavy atom. The van der Waals surface area contributed by atoms with E-state index in [0.29, 0.717) is 21.3 Å². The number of halogens is 1. The van der Waals surface area contributed by atoms with Gasteiger partial charge in [-0.3, -0.25) is 9.59 Å². The molecule has 1 fully saturated rings. The van der Waals surface area contributed by atoms with Crippen molar-refractivity contribution in [3.05, 3.63) is 69.7 Å². The maximum absolute atomic E-state index is 13.4. The molecule has 4 rings (SSSR count). The molecule has 2 amide bonds. The number of unbranched alkanes of at least 4 members (excludes halogenated alkanes) is 1. The number of rotatable bonds is 7. The summed E-state index contributed by atoms with van der Waals surface area (Å²) in [5, 5.41) is 0.645. The fourth-order valence-corrected chi connectivity index (χ4v) is 4.98. The normalized spacial score (nSPS) is 16.9. The number of hydrogen-bond donors (Lipinski definition) is 0. The summed E-state index contributed by atoms with van der Waals surface area (Å²) >= 11 is 7.35. The van der Waals surface area contributed by atoms with Gasteiger partial charge in [-0.05, 0) is 67.6 Å². The van der Waals surface area contributed by atoms with E-state index in [9.17, 15) is 9.59 Å². The Morgan fingerprint density at radius 1 is 0.933 bits per heavy atom. The minimum absolute atomic E-state index is 0.223. The zero-order valence-corrected chi connectivity index (χ0v) is 18.6. The van der Waals surface area contributed by atoms with E-state index in [2.05, 4.69) is 11.8 Å². The standard InChI is InChI=1S/C24H25ClN2O2S/c1-2-3-6-17-7-11-19(12-8-17)27-23(28)21(26-15-4-5-16-26)22(24(27)29)30-20-13-9-18(25)10-14-20/h7-14H,2-6,15-16H2,1H3. The van der Waals surface area contributed by atoms with Crippen molar-refractivity contribution in [2.24, 2.45) is 0 Å². The van der Waals surface area contributed by atoms with Crippen molar-refractivity contribution in [3.8, 4) is 0 Å². The zero-order chi connectivity index (χ0) is 21.1. The second kappa shape index (κ2) is 9.27. The van der Waals surface area contributed by atoms with Gasteiger partial charge in [0, 0.05) is 23.0 Å². The quantitative estimate of drug-likeness (QED) is 0.521. The SMILES string of the molecule is CCCCc1ccc(N2C(=O)C(Sc3ccc(Cl)cc3)=C(N3CCCC3)C2=O)cc1. The first-order chi connectivity index (χ1) is 14.6. The highest BCUT2D eigenvalue weighted by Crippen LogP contribution is 2.39. The minimum atomic E-state index is -0.247. The van der Waals surface area contributed by atoms with E-state index >= 15 is 0 Å². The molecule has 1 saturated heterocycles. The second-order valence-corrected chi connectivity index (χ2v) is 9.16. The summed E-state index contributed by atoms with van der Waals surface area (Å²) in [6.45, 7) is 3.78. The number of carbonyl (C=O) groups excluding carboxylic acids is 2. The summed E-state index contributed by atoms with van der Waals surface area (Å²) in [5.41, 5.74) is 2.39. The van der Waals surface area contributed by atoms with Gasteiger partial charge in [0.15, 0.2) is 0 Å². The lowest BCUT2D eigenvalue weighted by Crippen LogP contribution is -2.34. The molecule has 30 heavy (non-hydrogen) atoms. The van der Waals surface area contributed by atoms with E-state index in [4.69, 9.17) is 11.6 Å². The number of thioether (sulfide) groups is 1. The summed E-state index contributed by atoms with van der Waals surface area (Å²) in [4.78, 5) is 31.6. The van der Waals surface area contributed by atoms with Gasteiger partial charge in [-0.2, -0.15) is 0 Å². The molecule has 0 spiro atoms. The Balaban J connectivity index is 1.64.